The maximum Gasteiger partial charge on any atom is 0.293 e. The highest BCUT2D eigenvalue weighted by Crippen LogP contribution is 2.30. The standard InChI is InChI=1S/C20H23N3O3/c1-15-4-3-5-17(12-15)14-21-8-10-22(11-9-21)19-7-6-18(16(2)24)13-20(19)23(25)26/h3-7,12-13H,8-11,14H2,1-2H3. The Labute approximate surface area is 153 Å². The second-order valence-corrected chi connectivity index (χ2v) is 6.77. The summed E-state index contributed by atoms with van der Waals surface area (Å²) < 4.78 is 0. The number of piperazine rings is 1. The van der Waals surface area contributed by atoms with Gasteiger partial charge in [0.1, 0.15) is 5.69 Å². The zero-order valence-electron chi connectivity index (χ0n) is 15.1. The fraction of sp³-hybridized carbons (Fsp3) is 0.350. The largest absolute Gasteiger partial charge is 0.363 e. The normalized spacial score (nSPS) is 15.1. The van der Waals surface area contributed by atoms with Crippen molar-refractivity contribution >= 4 is 17.2 Å². The monoisotopic (exact) mass is 353 g/mol. The molecule has 0 radical (unpaired) electrons. The Morgan fingerprint density at radius 2 is 1.85 bits per heavy atom. The van der Waals surface area contributed by atoms with E-state index in [9.17, 15) is 14.9 Å². The summed E-state index contributed by atoms with van der Waals surface area (Å²) in [5, 5.41) is 11.4. The van der Waals surface area contributed by atoms with Crippen LogP contribution in [0, 0.1) is 17.0 Å². The van der Waals surface area contributed by atoms with Crippen molar-refractivity contribution < 1.29 is 9.72 Å². The molecule has 1 heterocycles. The summed E-state index contributed by atoms with van der Waals surface area (Å²) in [5.74, 6) is -0.164. The molecule has 0 aliphatic carbocycles. The molecule has 0 atom stereocenters. The molecule has 1 aliphatic rings. The third kappa shape index (κ3) is 4.08. The van der Waals surface area contributed by atoms with E-state index in [2.05, 4.69) is 36.1 Å². The average Bonchev–Trinajstić information content (AvgIpc) is 2.62. The van der Waals surface area contributed by atoms with E-state index in [1.807, 2.05) is 4.90 Å². The topological polar surface area (TPSA) is 66.7 Å². The third-order valence-electron chi connectivity index (χ3n) is 4.78. The molecule has 6 nitrogen and oxygen atoms in total. The van der Waals surface area contributed by atoms with Gasteiger partial charge in [-0.2, -0.15) is 0 Å². The van der Waals surface area contributed by atoms with E-state index in [4.69, 9.17) is 0 Å². The maximum atomic E-state index is 11.5. The molecule has 0 saturated carbocycles. The number of nitro benzene ring substituents is 1. The van der Waals surface area contributed by atoms with Gasteiger partial charge in [0.2, 0.25) is 0 Å². The van der Waals surface area contributed by atoms with Gasteiger partial charge >= 0.3 is 0 Å². The van der Waals surface area contributed by atoms with Crippen molar-refractivity contribution in [2.75, 3.05) is 31.1 Å². The van der Waals surface area contributed by atoms with Gasteiger partial charge in [0.05, 0.1) is 4.92 Å². The first kappa shape index (κ1) is 18.1. The molecule has 1 aliphatic heterocycles. The van der Waals surface area contributed by atoms with Crippen molar-refractivity contribution in [3.8, 4) is 0 Å². The van der Waals surface area contributed by atoms with Crippen molar-refractivity contribution in [2.45, 2.75) is 20.4 Å². The van der Waals surface area contributed by atoms with Crippen LogP contribution in [0.2, 0.25) is 0 Å². The molecular formula is C20H23N3O3. The number of aryl methyl sites for hydroxylation is 1. The number of nitro groups is 1. The van der Waals surface area contributed by atoms with E-state index in [1.165, 1.54) is 24.1 Å². The molecule has 2 aromatic rings. The highest BCUT2D eigenvalue weighted by molar-refractivity contribution is 5.95. The number of benzene rings is 2. The van der Waals surface area contributed by atoms with Gasteiger partial charge in [-0.3, -0.25) is 19.8 Å². The van der Waals surface area contributed by atoms with Crippen LogP contribution >= 0.6 is 0 Å². The van der Waals surface area contributed by atoms with Crippen LogP contribution in [-0.2, 0) is 6.54 Å². The first-order valence-corrected chi connectivity index (χ1v) is 8.76. The molecule has 1 saturated heterocycles. The first-order valence-electron chi connectivity index (χ1n) is 8.76. The molecule has 0 N–H and O–H groups in total. The quantitative estimate of drug-likeness (QED) is 0.468. The molecule has 26 heavy (non-hydrogen) atoms. The van der Waals surface area contributed by atoms with Gasteiger partial charge < -0.3 is 4.90 Å². The second-order valence-electron chi connectivity index (χ2n) is 6.77. The summed E-state index contributed by atoms with van der Waals surface area (Å²) in [6.45, 7) is 7.55. The number of ketones is 1. The van der Waals surface area contributed by atoms with E-state index in [-0.39, 0.29) is 11.5 Å². The van der Waals surface area contributed by atoms with Gasteiger partial charge in [-0.25, -0.2) is 0 Å². The molecule has 1 fully saturated rings. The lowest BCUT2D eigenvalue weighted by Crippen LogP contribution is -2.46. The van der Waals surface area contributed by atoms with E-state index >= 15 is 0 Å². The molecule has 0 amide bonds. The fourth-order valence-electron chi connectivity index (χ4n) is 3.37. The first-order chi connectivity index (χ1) is 12.4. The predicted molar refractivity (Wildman–Crippen MR) is 102 cm³/mol. The molecule has 6 heteroatoms. The van der Waals surface area contributed by atoms with Crippen LogP contribution < -0.4 is 4.90 Å². The minimum atomic E-state index is -0.402. The summed E-state index contributed by atoms with van der Waals surface area (Å²) in [6.07, 6.45) is 0. The average molecular weight is 353 g/mol. The van der Waals surface area contributed by atoms with E-state index in [0.717, 1.165) is 32.7 Å². The van der Waals surface area contributed by atoms with Gasteiger partial charge in [-0.05, 0) is 31.5 Å². The van der Waals surface area contributed by atoms with Gasteiger partial charge in [-0.15, -0.1) is 0 Å². The molecule has 3 rings (SSSR count). The second kappa shape index (κ2) is 7.66. The maximum absolute atomic E-state index is 11.5. The number of hydrogen-bond acceptors (Lipinski definition) is 5. The van der Waals surface area contributed by atoms with Crippen LogP contribution in [0.1, 0.15) is 28.4 Å². The number of anilines is 1. The molecule has 2 aromatic carbocycles. The Hall–Kier alpha value is -2.73. The number of Topliss-reactive ketones (excluding diaryl/α,β-unsaturated/α-hetero) is 1. The molecule has 136 valence electrons. The van der Waals surface area contributed by atoms with Gasteiger partial charge in [0.15, 0.2) is 5.78 Å². The Bertz CT molecular complexity index is 827. The number of carbonyl (C=O) groups excluding carboxylic acids is 1. The van der Waals surface area contributed by atoms with Crippen LogP contribution in [0.5, 0.6) is 0 Å². The zero-order valence-corrected chi connectivity index (χ0v) is 15.1. The summed E-state index contributed by atoms with van der Waals surface area (Å²) in [6, 6.07) is 13.2. The van der Waals surface area contributed by atoms with Crippen LogP contribution in [-0.4, -0.2) is 41.8 Å². The van der Waals surface area contributed by atoms with Gasteiger partial charge in [0.25, 0.3) is 5.69 Å². The van der Waals surface area contributed by atoms with Crippen LogP contribution in [0.25, 0.3) is 0 Å². The smallest absolute Gasteiger partial charge is 0.293 e. The van der Waals surface area contributed by atoms with E-state index in [1.54, 1.807) is 12.1 Å². The molecule has 0 aromatic heterocycles. The summed E-state index contributed by atoms with van der Waals surface area (Å²) in [7, 11) is 0. The lowest BCUT2D eigenvalue weighted by molar-refractivity contribution is -0.384. The lowest BCUT2D eigenvalue weighted by atomic mass is 10.1. The van der Waals surface area contributed by atoms with Gasteiger partial charge in [-0.1, -0.05) is 29.8 Å². The van der Waals surface area contributed by atoms with Crippen molar-refractivity contribution in [1.29, 1.82) is 0 Å². The Kier molecular flexibility index (Phi) is 5.32. The Morgan fingerprint density at radius 1 is 1.12 bits per heavy atom. The van der Waals surface area contributed by atoms with Crippen molar-refractivity contribution in [3.63, 3.8) is 0 Å². The zero-order chi connectivity index (χ0) is 18.7. The van der Waals surface area contributed by atoms with Crippen LogP contribution in [0.4, 0.5) is 11.4 Å². The minimum Gasteiger partial charge on any atom is -0.363 e. The summed E-state index contributed by atoms with van der Waals surface area (Å²) in [4.78, 5) is 26.9. The number of nitrogens with zero attached hydrogens (tertiary/aromatic N) is 3. The highest BCUT2D eigenvalue weighted by atomic mass is 16.6. The SMILES string of the molecule is CC(=O)c1ccc(N2CCN(Cc3cccc(C)c3)CC2)c([N+](=O)[O-])c1. The van der Waals surface area contributed by atoms with E-state index < -0.39 is 4.92 Å². The Morgan fingerprint density at radius 3 is 2.46 bits per heavy atom. The lowest BCUT2D eigenvalue weighted by Gasteiger charge is -2.35. The molecular weight excluding hydrogens is 330 g/mol. The number of carbonyl (C=O) groups is 1. The van der Waals surface area contributed by atoms with Crippen molar-refractivity contribution in [2.24, 2.45) is 0 Å². The number of rotatable bonds is 5. The van der Waals surface area contributed by atoms with E-state index in [0.29, 0.717) is 11.3 Å². The highest BCUT2D eigenvalue weighted by Gasteiger charge is 2.24. The minimum absolute atomic E-state index is 0.00448. The van der Waals surface area contributed by atoms with Crippen LogP contribution in [0.15, 0.2) is 42.5 Å². The summed E-state index contributed by atoms with van der Waals surface area (Å²) in [5.41, 5.74) is 3.51. The molecule has 0 unspecified atom stereocenters. The van der Waals surface area contributed by atoms with Crippen molar-refractivity contribution in [3.05, 3.63) is 69.3 Å². The van der Waals surface area contributed by atoms with Crippen LogP contribution in [0.3, 0.4) is 0 Å². The predicted octanol–water partition coefficient (Wildman–Crippen LogP) is 3.43. The van der Waals surface area contributed by atoms with Crippen molar-refractivity contribution in [1.82, 2.24) is 4.90 Å². The number of hydrogen-bond donors (Lipinski definition) is 0. The molecule has 0 bridgehead atoms. The summed E-state index contributed by atoms with van der Waals surface area (Å²) >= 11 is 0. The van der Waals surface area contributed by atoms with Gasteiger partial charge in [0, 0.05) is 44.4 Å². The Balaban J connectivity index is 1.69. The fourth-order valence-corrected chi connectivity index (χ4v) is 3.37. The molecule has 0 spiro atoms. The third-order valence-corrected chi connectivity index (χ3v) is 4.78.